The number of hydrogen-bond acceptors (Lipinski definition) is 1. The van der Waals surface area contributed by atoms with E-state index in [9.17, 15) is 9.18 Å². The van der Waals surface area contributed by atoms with Crippen molar-refractivity contribution in [3.05, 3.63) is 66.1 Å². The largest absolute Gasteiger partial charge is 0.335 e. The second-order valence-electron chi connectivity index (χ2n) is 4.99. The zero-order chi connectivity index (χ0) is 14.8. The molecule has 2 aromatic carbocycles. The van der Waals surface area contributed by atoms with Crippen molar-refractivity contribution in [1.82, 2.24) is 4.57 Å². The van der Waals surface area contributed by atoms with Gasteiger partial charge in [0.1, 0.15) is 12.4 Å². The van der Waals surface area contributed by atoms with Crippen LogP contribution in [0, 0.1) is 12.7 Å². The van der Waals surface area contributed by atoms with Gasteiger partial charge in [-0.3, -0.25) is 4.79 Å². The van der Waals surface area contributed by atoms with Gasteiger partial charge in [0.25, 0.3) is 0 Å². The summed E-state index contributed by atoms with van der Waals surface area (Å²) < 4.78 is 14.8. The van der Waals surface area contributed by atoms with Crippen LogP contribution in [0.4, 0.5) is 10.1 Å². The number of fused-ring (bicyclic) bond motifs is 1. The van der Waals surface area contributed by atoms with Crippen LogP contribution in [-0.2, 0) is 11.3 Å². The molecule has 4 heteroatoms. The van der Waals surface area contributed by atoms with Crippen LogP contribution in [0.3, 0.4) is 0 Å². The first kappa shape index (κ1) is 13.4. The van der Waals surface area contributed by atoms with Crippen LogP contribution in [0.1, 0.15) is 5.69 Å². The third-order valence-corrected chi connectivity index (χ3v) is 3.45. The highest BCUT2D eigenvalue weighted by atomic mass is 19.1. The Kier molecular flexibility index (Phi) is 3.44. The fourth-order valence-electron chi connectivity index (χ4n) is 2.44. The Morgan fingerprint density at radius 1 is 1.14 bits per heavy atom. The highest BCUT2D eigenvalue weighted by molar-refractivity contribution is 5.92. The molecule has 0 aliphatic carbocycles. The van der Waals surface area contributed by atoms with Crippen molar-refractivity contribution in [2.45, 2.75) is 13.5 Å². The van der Waals surface area contributed by atoms with Crippen molar-refractivity contribution < 1.29 is 9.18 Å². The number of carbonyl (C=O) groups excluding carboxylic acids is 1. The Hall–Kier alpha value is -2.62. The van der Waals surface area contributed by atoms with E-state index < -0.39 is 0 Å². The zero-order valence-electron chi connectivity index (χ0n) is 11.6. The van der Waals surface area contributed by atoms with Crippen molar-refractivity contribution in [2.24, 2.45) is 0 Å². The fraction of sp³-hybridized carbons (Fsp3) is 0.118. The number of benzene rings is 2. The minimum absolute atomic E-state index is 0.133. The number of para-hydroxylation sites is 1. The summed E-state index contributed by atoms with van der Waals surface area (Å²) in [6.45, 7) is 2.21. The Morgan fingerprint density at radius 3 is 2.62 bits per heavy atom. The number of nitrogens with one attached hydrogen (secondary N) is 1. The molecule has 3 rings (SSSR count). The fourth-order valence-corrected chi connectivity index (χ4v) is 2.44. The van der Waals surface area contributed by atoms with Gasteiger partial charge in [0.15, 0.2) is 0 Å². The Balaban J connectivity index is 1.80. The number of hydrogen-bond donors (Lipinski definition) is 1. The molecule has 3 nitrogen and oxygen atoms in total. The summed E-state index contributed by atoms with van der Waals surface area (Å²) in [5.74, 6) is -0.452. The zero-order valence-corrected chi connectivity index (χ0v) is 11.6. The summed E-state index contributed by atoms with van der Waals surface area (Å²) in [7, 11) is 0. The molecule has 1 N–H and O–H groups in total. The van der Waals surface area contributed by atoms with E-state index >= 15 is 0 Å². The van der Waals surface area contributed by atoms with Crippen molar-refractivity contribution in [2.75, 3.05) is 5.32 Å². The molecule has 3 aromatic rings. The lowest BCUT2D eigenvalue weighted by Crippen LogP contribution is -2.19. The quantitative estimate of drug-likeness (QED) is 0.780. The molecule has 0 unspecified atom stereocenters. The van der Waals surface area contributed by atoms with Crippen LogP contribution in [0.25, 0.3) is 10.9 Å². The van der Waals surface area contributed by atoms with Gasteiger partial charge in [0.05, 0.1) is 0 Å². The first-order valence-corrected chi connectivity index (χ1v) is 6.74. The number of amides is 1. The molecule has 1 heterocycles. The molecule has 0 bridgehead atoms. The summed E-state index contributed by atoms with van der Waals surface area (Å²) in [6.07, 6.45) is 0. The van der Waals surface area contributed by atoms with Gasteiger partial charge in [0, 0.05) is 16.9 Å². The van der Waals surface area contributed by atoms with Crippen LogP contribution < -0.4 is 5.32 Å². The third kappa shape index (κ3) is 2.79. The monoisotopic (exact) mass is 282 g/mol. The van der Waals surface area contributed by atoms with E-state index in [0.29, 0.717) is 5.69 Å². The van der Waals surface area contributed by atoms with E-state index in [2.05, 4.69) is 11.4 Å². The second kappa shape index (κ2) is 5.40. The van der Waals surface area contributed by atoms with Gasteiger partial charge < -0.3 is 9.88 Å². The molecule has 1 aromatic heterocycles. The average molecular weight is 282 g/mol. The first-order valence-electron chi connectivity index (χ1n) is 6.74. The third-order valence-electron chi connectivity index (χ3n) is 3.45. The standard InChI is InChI=1S/C17H15FN2O/c1-12-10-13-4-2-3-5-16(13)20(12)11-17(21)19-15-8-6-14(18)7-9-15/h2-10H,11H2,1H3,(H,19,21). The number of nitrogens with zero attached hydrogens (tertiary/aromatic N) is 1. The number of rotatable bonds is 3. The maximum absolute atomic E-state index is 12.8. The van der Waals surface area contributed by atoms with Crippen LogP contribution in [0.2, 0.25) is 0 Å². The lowest BCUT2D eigenvalue weighted by molar-refractivity contribution is -0.116. The highest BCUT2D eigenvalue weighted by Crippen LogP contribution is 2.19. The Labute approximate surface area is 122 Å². The first-order chi connectivity index (χ1) is 10.1. The Bertz CT molecular complexity index is 790. The summed E-state index contributed by atoms with van der Waals surface area (Å²) in [4.78, 5) is 12.1. The molecule has 21 heavy (non-hydrogen) atoms. The topological polar surface area (TPSA) is 34.0 Å². The number of aryl methyl sites for hydroxylation is 1. The van der Waals surface area contributed by atoms with Crippen molar-refractivity contribution in [1.29, 1.82) is 0 Å². The van der Waals surface area contributed by atoms with Crippen molar-refractivity contribution in [3.63, 3.8) is 0 Å². The second-order valence-corrected chi connectivity index (χ2v) is 4.99. The molecule has 0 radical (unpaired) electrons. The maximum atomic E-state index is 12.8. The van der Waals surface area contributed by atoms with Crippen LogP contribution in [-0.4, -0.2) is 10.5 Å². The van der Waals surface area contributed by atoms with Gasteiger partial charge in [-0.15, -0.1) is 0 Å². The van der Waals surface area contributed by atoms with Gasteiger partial charge in [-0.2, -0.15) is 0 Å². The number of carbonyl (C=O) groups is 1. The predicted molar refractivity (Wildman–Crippen MR) is 81.7 cm³/mol. The van der Waals surface area contributed by atoms with E-state index in [-0.39, 0.29) is 18.3 Å². The molecule has 0 fully saturated rings. The molecule has 0 aliphatic rings. The minimum Gasteiger partial charge on any atom is -0.335 e. The lowest BCUT2D eigenvalue weighted by Gasteiger charge is -2.09. The van der Waals surface area contributed by atoms with E-state index in [4.69, 9.17) is 0 Å². The van der Waals surface area contributed by atoms with E-state index in [1.165, 1.54) is 12.1 Å². The molecule has 1 amide bonds. The van der Waals surface area contributed by atoms with E-state index in [1.54, 1.807) is 12.1 Å². The molecule has 0 atom stereocenters. The van der Waals surface area contributed by atoms with Crippen LogP contribution in [0.15, 0.2) is 54.6 Å². The summed E-state index contributed by atoms with van der Waals surface area (Å²) in [6, 6.07) is 15.8. The summed E-state index contributed by atoms with van der Waals surface area (Å²) in [5.41, 5.74) is 2.66. The molecule has 106 valence electrons. The van der Waals surface area contributed by atoms with Gasteiger partial charge in [-0.05, 0) is 48.7 Å². The minimum atomic E-state index is -0.319. The van der Waals surface area contributed by atoms with Crippen molar-refractivity contribution in [3.8, 4) is 0 Å². The van der Waals surface area contributed by atoms with Crippen LogP contribution in [0.5, 0.6) is 0 Å². The molecule has 0 saturated carbocycles. The lowest BCUT2D eigenvalue weighted by atomic mass is 10.2. The normalized spacial score (nSPS) is 10.8. The maximum Gasteiger partial charge on any atom is 0.244 e. The highest BCUT2D eigenvalue weighted by Gasteiger charge is 2.09. The molecule has 0 saturated heterocycles. The van der Waals surface area contributed by atoms with E-state index in [0.717, 1.165) is 16.6 Å². The molecular formula is C17H15FN2O. The van der Waals surface area contributed by atoms with Crippen LogP contribution >= 0.6 is 0 Å². The number of anilines is 1. The van der Waals surface area contributed by atoms with E-state index in [1.807, 2.05) is 35.8 Å². The summed E-state index contributed by atoms with van der Waals surface area (Å²) >= 11 is 0. The molecule has 0 aliphatic heterocycles. The number of halogens is 1. The molecule has 0 spiro atoms. The van der Waals surface area contributed by atoms with Gasteiger partial charge >= 0.3 is 0 Å². The number of aromatic nitrogens is 1. The predicted octanol–water partition coefficient (Wildman–Crippen LogP) is 3.73. The van der Waals surface area contributed by atoms with Gasteiger partial charge in [0.2, 0.25) is 5.91 Å². The summed E-state index contributed by atoms with van der Waals surface area (Å²) in [5, 5.41) is 3.89. The SMILES string of the molecule is Cc1cc2ccccc2n1CC(=O)Nc1ccc(F)cc1. The Morgan fingerprint density at radius 2 is 1.86 bits per heavy atom. The van der Waals surface area contributed by atoms with Gasteiger partial charge in [-0.1, -0.05) is 18.2 Å². The van der Waals surface area contributed by atoms with Crippen molar-refractivity contribution >= 4 is 22.5 Å². The van der Waals surface area contributed by atoms with Gasteiger partial charge in [-0.25, -0.2) is 4.39 Å². The smallest absolute Gasteiger partial charge is 0.244 e. The average Bonchev–Trinajstić information content (AvgIpc) is 2.78. The molecular weight excluding hydrogens is 267 g/mol.